The molecule has 0 aliphatic heterocycles. The van der Waals surface area contributed by atoms with Crippen molar-refractivity contribution >= 4 is 16.9 Å². The third kappa shape index (κ3) is 3.32. The molecule has 1 heterocycles. The molecule has 1 aromatic heterocycles. The average Bonchev–Trinajstić information content (AvgIpc) is 2.90. The number of aryl methyl sites for hydroxylation is 2. The summed E-state index contributed by atoms with van der Waals surface area (Å²) < 4.78 is 23.9. The van der Waals surface area contributed by atoms with Gasteiger partial charge in [0.25, 0.3) is 0 Å². The zero-order valence-electron chi connectivity index (χ0n) is 13.9. The minimum Gasteiger partial charge on any atom is -0.464 e. The fraction of sp³-hybridized carbons (Fsp3) is 0.250. The molecule has 0 radical (unpaired) electrons. The van der Waals surface area contributed by atoms with Crippen LogP contribution in [0.25, 0.3) is 11.0 Å². The normalized spacial score (nSPS) is 12.3. The van der Waals surface area contributed by atoms with Gasteiger partial charge in [-0.1, -0.05) is 12.1 Å². The van der Waals surface area contributed by atoms with E-state index in [2.05, 4.69) is 0 Å². The molecule has 0 aliphatic carbocycles. The lowest BCUT2D eigenvalue weighted by atomic mass is 10.0. The summed E-state index contributed by atoms with van der Waals surface area (Å²) in [6.45, 7) is 5.82. The number of carbonyl (C=O) groups excluding carboxylic acids is 1. The predicted octanol–water partition coefficient (Wildman–Crippen LogP) is 5.04. The van der Waals surface area contributed by atoms with E-state index in [-0.39, 0.29) is 18.2 Å². The zero-order valence-corrected chi connectivity index (χ0v) is 13.9. The molecule has 24 heavy (non-hydrogen) atoms. The molecule has 4 heteroatoms. The third-order valence-corrected chi connectivity index (χ3v) is 4.25. The van der Waals surface area contributed by atoms with Crippen LogP contribution in [0.1, 0.15) is 35.3 Å². The topological polar surface area (TPSA) is 39.4 Å². The van der Waals surface area contributed by atoms with E-state index in [1.807, 2.05) is 26.0 Å². The Morgan fingerprint density at radius 1 is 1.17 bits per heavy atom. The zero-order chi connectivity index (χ0) is 17.3. The van der Waals surface area contributed by atoms with Gasteiger partial charge in [-0.15, -0.1) is 0 Å². The molecule has 3 rings (SSSR count). The molecule has 0 unspecified atom stereocenters. The van der Waals surface area contributed by atoms with Gasteiger partial charge in [0.1, 0.15) is 17.5 Å². The van der Waals surface area contributed by atoms with Crippen LogP contribution in [0.3, 0.4) is 0 Å². The van der Waals surface area contributed by atoms with Crippen LogP contribution in [0.2, 0.25) is 0 Å². The Kier molecular flexibility index (Phi) is 4.38. The van der Waals surface area contributed by atoms with Crippen LogP contribution in [-0.4, -0.2) is 5.97 Å². The van der Waals surface area contributed by atoms with Gasteiger partial charge in [-0.05, 0) is 61.7 Å². The maximum absolute atomic E-state index is 13.0. The quantitative estimate of drug-likeness (QED) is 0.631. The largest absolute Gasteiger partial charge is 0.464 e. The lowest BCUT2D eigenvalue weighted by molar-refractivity contribution is -0.147. The van der Waals surface area contributed by atoms with Gasteiger partial charge in [0.15, 0.2) is 0 Å². The molecule has 0 spiro atoms. The summed E-state index contributed by atoms with van der Waals surface area (Å²) in [6.07, 6.45) is 1.31. The number of halogens is 1. The number of ether oxygens (including phenoxy) is 1. The van der Waals surface area contributed by atoms with Gasteiger partial charge in [-0.25, -0.2) is 4.39 Å². The van der Waals surface area contributed by atoms with Crippen LogP contribution < -0.4 is 0 Å². The first kappa shape index (κ1) is 16.2. The van der Waals surface area contributed by atoms with Gasteiger partial charge in [-0.3, -0.25) is 4.79 Å². The predicted molar refractivity (Wildman–Crippen MR) is 90.3 cm³/mol. The summed E-state index contributed by atoms with van der Waals surface area (Å²) in [6, 6.07) is 9.95. The van der Waals surface area contributed by atoms with Crippen LogP contribution in [-0.2, 0) is 16.0 Å². The van der Waals surface area contributed by atoms with E-state index < -0.39 is 6.10 Å². The molecule has 1 atom stereocenters. The van der Waals surface area contributed by atoms with Crippen LogP contribution in [0.4, 0.5) is 4.39 Å². The van der Waals surface area contributed by atoms with Crippen molar-refractivity contribution in [3.63, 3.8) is 0 Å². The summed E-state index contributed by atoms with van der Waals surface area (Å²) in [5.41, 5.74) is 4.64. The molecule has 2 aromatic carbocycles. The highest BCUT2D eigenvalue weighted by Gasteiger charge is 2.16. The summed E-state index contributed by atoms with van der Waals surface area (Å²) in [7, 11) is 0. The maximum Gasteiger partial charge on any atom is 0.311 e. The SMILES string of the molecule is Cc1cc2occ(CC(=O)O[C@H](C)c3ccc(F)cc3)c2cc1C. The molecule has 124 valence electrons. The lowest BCUT2D eigenvalue weighted by Crippen LogP contribution is -2.11. The fourth-order valence-electron chi connectivity index (χ4n) is 2.67. The van der Waals surface area contributed by atoms with Crippen LogP contribution >= 0.6 is 0 Å². The minimum atomic E-state index is -0.430. The first-order valence-corrected chi connectivity index (χ1v) is 7.86. The molecule has 0 saturated carbocycles. The first-order chi connectivity index (χ1) is 11.4. The van der Waals surface area contributed by atoms with Gasteiger partial charge in [0.05, 0.1) is 12.7 Å². The molecule has 3 nitrogen and oxygen atoms in total. The third-order valence-electron chi connectivity index (χ3n) is 4.25. The van der Waals surface area contributed by atoms with E-state index in [4.69, 9.17) is 9.15 Å². The molecule has 3 aromatic rings. The number of esters is 1. The minimum absolute atomic E-state index is 0.140. The van der Waals surface area contributed by atoms with E-state index in [1.165, 1.54) is 12.1 Å². The molecule has 0 bridgehead atoms. The van der Waals surface area contributed by atoms with Crippen molar-refractivity contribution in [3.05, 3.63) is 70.7 Å². The highest BCUT2D eigenvalue weighted by molar-refractivity contribution is 5.86. The average molecular weight is 326 g/mol. The molecule has 0 amide bonds. The Bertz CT molecular complexity index is 878. The number of carbonyl (C=O) groups is 1. The van der Waals surface area contributed by atoms with Crippen molar-refractivity contribution in [1.82, 2.24) is 0 Å². The number of rotatable bonds is 4. The van der Waals surface area contributed by atoms with Crippen molar-refractivity contribution in [1.29, 1.82) is 0 Å². The van der Waals surface area contributed by atoms with Crippen LogP contribution in [0.5, 0.6) is 0 Å². The van der Waals surface area contributed by atoms with E-state index >= 15 is 0 Å². The maximum atomic E-state index is 13.0. The van der Waals surface area contributed by atoms with E-state index in [1.54, 1.807) is 25.3 Å². The van der Waals surface area contributed by atoms with Crippen molar-refractivity contribution in [2.45, 2.75) is 33.3 Å². The first-order valence-electron chi connectivity index (χ1n) is 7.86. The molecular formula is C20H19FO3. The number of furan rings is 1. The second-order valence-electron chi connectivity index (χ2n) is 6.05. The second kappa shape index (κ2) is 6.48. The Morgan fingerprint density at radius 3 is 2.54 bits per heavy atom. The standard InChI is InChI=1S/C20H19FO3/c1-12-8-18-16(11-23-19(18)9-13(12)2)10-20(22)24-14(3)15-4-6-17(21)7-5-15/h4-9,11,14H,10H2,1-3H3/t14-/m1/s1. The smallest absolute Gasteiger partial charge is 0.311 e. The van der Waals surface area contributed by atoms with E-state index in [0.29, 0.717) is 0 Å². The summed E-state index contributed by atoms with van der Waals surface area (Å²) in [5.74, 6) is -0.652. The molecule has 0 fully saturated rings. The van der Waals surface area contributed by atoms with E-state index in [9.17, 15) is 9.18 Å². The molecular weight excluding hydrogens is 307 g/mol. The number of hydrogen-bond acceptors (Lipinski definition) is 3. The lowest BCUT2D eigenvalue weighted by Gasteiger charge is -2.13. The van der Waals surface area contributed by atoms with Crippen molar-refractivity contribution < 1.29 is 18.3 Å². The monoisotopic (exact) mass is 326 g/mol. The Morgan fingerprint density at radius 2 is 1.83 bits per heavy atom. The summed E-state index contributed by atoms with van der Waals surface area (Å²) in [5, 5.41) is 0.935. The Balaban J connectivity index is 1.73. The van der Waals surface area contributed by atoms with Gasteiger partial charge in [-0.2, -0.15) is 0 Å². The van der Waals surface area contributed by atoms with Crippen molar-refractivity contribution in [2.24, 2.45) is 0 Å². The van der Waals surface area contributed by atoms with E-state index in [0.717, 1.165) is 33.2 Å². The van der Waals surface area contributed by atoms with Gasteiger partial charge in [0.2, 0.25) is 0 Å². The second-order valence-corrected chi connectivity index (χ2v) is 6.05. The number of benzene rings is 2. The highest BCUT2D eigenvalue weighted by atomic mass is 19.1. The Hall–Kier alpha value is -2.62. The summed E-state index contributed by atoms with van der Waals surface area (Å²) in [4.78, 5) is 12.2. The van der Waals surface area contributed by atoms with Gasteiger partial charge in [0, 0.05) is 10.9 Å². The molecule has 0 saturated heterocycles. The van der Waals surface area contributed by atoms with Crippen LogP contribution in [0.15, 0.2) is 47.1 Å². The van der Waals surface area contributed by atoms with Crippen molar-refractivity contribution in [2.75, 3.05) is 0 Å². The fourth-order valence-corrected chi connectivity index (χ4v) is 2.67. The van der Waals surface area contributed by atoms with Gasteiger partial charge >= 0.3 is 5.97 Å². The number of fused-ring (bicyclic) bond motifs is 1. The van der Waals surface area contributed by atoms with Crippen LogP contribution in [0, 0.1) is 19.7 Å². The highest BCUT2D eigenvalue weighted by Crippen LogP contribution is 2.26. The van der Waals surface area contributed by atoms with Crippen molar-refractivity contribution in [3.8, 4) is 0 Å². The Labute approximate surface area is 140 Å². The summed E-state index contributed by atoms with van der Waals surface area (Å²) >= 11 is 0. The molecule has 0 N–H and O–H groups in total. The number of hydrogen-bond donors (Lipinski definition) is 0. The van der Waals surface area contributed by atoms with Gasteiger partial charge < -0.3 is 9.15 Å². The molecule has 0 aliphatic rings.